The van der Waals surface area contributed by atoms with E-state index in [1.807, 2.05) is 30.3 Å². The van der Waals surface area contributed by atoms with E-state index in [0.717, 1.165) is 18.4 Å². The molecular weight excluding hydrogens is 384 g/mol. The third-order valence-electron chi connectivity index (χ3n) is 5.11. The number of carbonyl (C=O) groups is 3. The second kappa shape index (κ2) is 9.01. The van der Waals surface area contributed by atoms with Crippen molar-refractivity contribution >= 4 is 42.2 Å². The number of carbonyl (C=O) groups excluding carboxylic acids is 2. The molecule has 2 saturated heterocycles. The van der Waals surface area contributed by atoms with Gasteiger partial charge in [0, 0.05) is 11.5 Å². The highest BCUT2D eigenvalue weighted by atomic mass is 32.2. The third kappa shape index (κ3) is 4.60. The van der Waals surface area contributed by atoms with E-state index >= 15 is 0 Å². The average Bonchev–Trinajstić information content (AvgIpc) is 3.03. The molecule has 3 rings (SSSR count). The molecule has 27 heavy (non-hydrogen) atoms. The second-order valence-electron chi connectivity index (χ2n) is 6.95. The molecule has 2 aliphatic rings. The predicted molar refractivity (Wildman–Crippen MR) is 108 cm³/mol. The lowest BCUT2D eigenvalue weighted by Crippen LogP contribution is -2.54. The van der Waals surface area contributed by atoms with Gasteiger partial charge in [-0.1, -0.05) is 30.3 Å². The lowest BCUT2D eigenvalue weighted by atomic mass is 9.99. The fraction of sp³-hybridized carbons (Fsp3) is 0.526. The van der Waals surface area contributed by atoms with Gasteiger partial charge < -0.3 is 15.3 Å². The first-order valence-corrected chi connectivity index (χ1v) is 10.8. The van der Waals surface area contributed by atoms with E-state index in [1.54, 1.807) is 0 Å². The van der Waals surface area contributed by atoms with E-state index in [0.29, 0.717) is 24.3 Å². The molecule has 4 atom stereocenters. The summed E-state index contributed by atoms with van der Waals surface area (Å²) in [5, 5.41) is 12.2. The van der Waals surface area contributed by atoms with Gasteiger partial charge in [-0.05, 0) is 31.2 Å². The summed E-state index contributed by atoms with van der Waals surface area (Å²) >= 11 is 5.82. The second-order valence-corrected chi connectivity index (χ2v) is 8.52. The summed E-state index contributed by atoms with van der Waals surface area (Å²) in [5.41, 5.74) is 1.04. The Balaban J connectivity index is 1.68. The molecule has 1 aromatic rings. The van der Waals surface area contributed by atoms with Crippen LogP contribution in [-0.2, 0) is 20.8 Å². The molecule has 2 aliphatic heterocycles. The molecule has 1 unspecified atom stereocenters. The standard InChI is InChI=1S/C19H24N2O4S2/c22-17(13(10-26)9-12-5-2-1-3-6-12)20-14-7-4-8-16-21(18(14)23)15(11-27-16)19(24)25/h1-3,5-6,13-16,26H,4,7-11H2,(H,20,22)(H,24,25)/t13?,14-,15-,16+/m0/s1. The van der Waals surface area contributed by atoms with Crippen molar-refractivity contribution in [3.05, 3.63) is 35.9 Å². The molecule has 0 radical (unpaired) electrons. The molecule has 0 saturated carbocycles. The van der Waals surface area contributed by atoms with Crippen molar-refractivity contribution in [2.45, 2.75) is 43.1 Å². The van der Waals surface area contributed by atoms with Gasteiger partial charge in [-0.3, -0.25) is 9.59 Å². The molecule has 0 bridgehead atoms. The van der Waals surface area contributed by atoms with Crippen molar-refractivity contribution in [1.82, 2.24) is 10.2 Å². The number of benzene rings is 1. The zero-order chi connectivity index (χ0) is 19.4. The van der Waals surface area contributed by atoms with Crippen molar-refractivity contribution in [1.29, 1.82) is 0 Å². The lowest BCUT2D eigenvalue weighted by Gasteiger charge is -2.28. The van der Waals surface area contributed by atoms with Crippen LogP contribution in [-0.4, -0.2) is 56.8 Å². The number of hydrogen-bond donors (Lipinski definition) is 3. The Bertz CT molecular complexity index is 700. The molecule has 0 aliphatic carbocycles. The normalized spacial score (nSPS) is 26.2. The van der Waals surface area contributed by atoms with Crippen LogP contribution in [0.3, 0.4) is 0 Å². The predicted octanol–water partition coefficient (Wildman–Crippen LogP) is 1.80. The van der Waals surface area contributed by atoms with Crippen LogP contribution in [0.1, 0.15) is 24.8 Å². The van der Waals surface area contributed by atoms with Gasteiger partial charge >= 0.3 is 5.97 Å². The van der Waals surface area contributed by atoms with E-state index in [2.05, 4.69) is 17.9 Å². The zero-order valence-corrected chi connectivity index (χ0v) is 16.6. The minimum Gasteiger partial charge on any atom is -0.480 e. The third-order valence-corrected chi connectivity index (χ3v) is 6.90. The molecule has 1 aromatic carbocycles. The van der Waals surface area contributed by atoms with Crippen molar-refractivity contribution < 1.29 is 19.5 Å². The highest BCUT2D eigenvalue weighted by molar-refractivity contribution is 8.00. The Labute approximate surface area is 168 Å². The van der Waals surface area contributed by atoms with Crippen LogP contribution >= 0.6 is 24.4 Å². The molecule has 2 amide bonds. The van der Waals surface area contributed by atoms with Gasteiger partial charge in [0.2, 0.25) is 11.8 Å². The summed E-state index contributed by atoms with van der Waals surface area (Å²) in [6.45, 7) is 0. The van der Waals surface area contributed by atoms with Gasteiger partial charge in [-0.25, -0.2) is 4.79 Å². The van der Waals surface area contributed by atoms with Crippen molar-refractivity contribution in [2.24, 2.45) is 5.92 Å². The number of fused-ring (bicyclic) bond motifs is 1. The van der Waals surface area contributed by atoms with Crippen LogP contribution in [0.5, 0.6) is 0 Å². The Kier molecular flexibility index (Phi) is 6.70. The van der Waals surface area contributed by atoms with E-state index in [-0.39, 0.29) is 23.1 Å². The van der Waals surface area contributed by atoms with Crippen molar-refractivity contribution in [3.63, 3.8) is 0 Å². The molecule has 2 heterocycles. The summed E-state index contributed by atoms with van der Waals surface area (Å²) < 4.78 is 0. The highest BCUT2D eigenvalue weighted by Gasteiger charge is 2.45. The van der Waals surface area contributed by atoms with Crippen molar-refractivity contribution in [3.8, 4) is 0 Å². The number of thioether (sulfide) groups is 1. The monoisotopic (exact) mass is 408 g/mol. The molecule has 2 fully saturated rings. The highest BCUT2D eigenvalue weighted by Crippen LogP contribution is 2.35. The number of thiol groups is 1. The zero-order valence-electron chi connectivity index (χ0n) is 14.9. The SMILES string of the molecule is O=C(N[C@H]1CCC[C@H]2SC[C@@H](C(=O)O)N2C1=O)C(CS)Cc1ccccc1. The van der Waals surface area contributed by atoms with E-state index in [1.165, 1.54) is 16.7 Å². The fourth-order valence-corrected chi connectivity index (χ4v) is 5.38. The summed E-state index contributed by atoms with van der Waals surface area (Å²) in [4.78, 5) is 38.7. The lowest BCUT2D eigenvalue weighted by molar-refractivity contribution is -0.150. The Morgan fingerprint density at radius 1 is 1.30 bits per heavy atom. The number of hydrogen-bond acceptors (Lipinski definition) is 5. The number of rotatable bonds is 6. The minimum absolute atomic E-state index is 0.106. The maximum Gasteiger partial charge on any atom is 0.327 e. The number of nitrogens with zero attached hydrogens (tertiary/aromatic N) is 1. The van der Waals surface area contributed by atoms with Crippen LogP contribution in [0, 0.1) is 5.92 Å². The number of amides is 2. The maximum atomic E-state index is 13.0. The van der Waals surface area contributed by atoms with Gasteiger partial charge in [-0.15, -0.1) is 11.8 Å². The van der Waals surface area contributed by atoms with Gasteiger partial charge in [0.1, 0.15) is 12.1 Å². The first-order valence-electron chi connectivity index (χ1n) is 9.13. The smallest absolute Gasteiger partial charge is 0.327 e. The summed E-state index contributed by atoms with van der Waals surface area (Å²) in [6.07, 6.45) is 2.63. The summed E-state index contributed by atoms with van der Waals surface area (Å²) in [6, 6.07) is 8.22. The molecular formula is C19H24N2O4S2. The Morgan fingerprint density at radius 2 is 2.04 bits per heavy atom. The van der Waals surface area contributed by atoms with Gasteiger partial charge in [-0.2, -0.15) is 12.6 Å². The molecule has 0 spiro atoms. The minimum atomic E-state index is -0.984. The Morgan fingerprint density at radius 3 is 2.70 bits per heavy atom. The molecule has 8 heteroatoms. The maximum absolute atomic E-state index is 13.0. The summed E-state index contributed by atoms with van der Waals surface area (Å²) in [5.74, 6) is -1.03. The van der Waals surface area contributed by atoms with Crippen LogP contribution < -0.4 is 5.32 Å². The molecule has 0 aromatic heterocycles. The largest absolute Gasteiger partial charge is 0.480 e. The van der Waals surface area contributed by atoms with E-state index in [9.17, 15) is 19.5 Å². The summed E-state index contributed by atoms with van der Waals surface area (Å²) in [7, 11) is 0. The molecule has 6 nitrogen and oxygen atoms in total. The van der Waals surface area contributed by atoms with E-state index in [4.69, 9.17) is 0 Å². The first kappa shape index (κ1) is 20.1. The van der Waals surface area contributed by atoms with Crippen LogP contribution in [0.4, 0.5) is 0 Å². The fourth-order valence-electron chi connectivity index (χ4n) is 3.63. The van der Waals surface area contributed by atoms with Crippen molar-refractivity contribution in [2.75, 3.05) is 11.5 Å². The van der Waals surface area contributed by atoms with Gasteiger partial charge in [0.05, 0.1) is 11.3 Å². The van der Waals surface area contributed by atoms with Crippen LogP contribution in [0.2, 0.25) is 0 Å². The average molecular weight is 409 g/mol. The number of carboxylic acids is 1. The van der Waals surface area contributed by atoms with E-state index < -0.39 is 18.1 Å². The van der Waals surface area contributed by atoms with Crippen LogP contribution in [0.25, 0.3) is 0 Å². The number of nitrogens with one attached hydrogen (secondary N) is 1. The molecule has 146 valence electrons. The number of aliphatic carboxylic acids is 1. The Hall–Kier alpha value is -1.67. The number of carboxylic acid groups (broad SMARTS) is 1. The van der Waals surface area contributed by atoms with Gasteiger partial charge in [0.15, 0.2) is 0 Å². The molecule has 2 N–H and O–H groups in total. The topological polar surface area (TPSA) is 86.7 Å². The first-order chi connectivity index (χ1) is 13.0. The van der Waals surface area contributed by atoms with Gasteiger partial charge in [0.25, 0.3) is 0 Å². The van der Waals surface area contributed by atoms with Crippen LogP contribution in [0.15, 0.2) is 30.3 Å². The quantitative estimate of drug-likeness (QED) is 0.625.